The van der Waals surface area contributed by atoms with Gasteiger partial charge >= 0.3 is 0 Å². The molecule has 0 radical (unpaired) electrons. The standard InChI is InChI=1S/C13H17N5O2/c1-3-13(4-5-14-7-13)12-17-11(18-20-12)9-6-10(19-2)16-8-15-9/h6,8,14H,3-5,7H2,1-2H3. The normalized spacial score (nSPS) is 22.1. The first-order valence-electron chi connectivity index (χ1n) is 6.69. The Morgan fingerprint density at radius 1 is 1.45 bits per heavy atom. The molecule has 1 saturated heterocycles. The molecule has 1 aliphatic heterocycles. The highest BCUT2D eigenvalue weighted by Crippen LogP contribution is 2.33. The van der Waals surface area contributed by atoms with Gasteiger partial charge in [0, 0.05) is 12.6 Å². The van der Waals surface area contributed by atoms with E-state index in [4.69, 9.17) is 9.26 Å². The highest BCUT2D eigenvalue weighted by Gasteiger charge is 2.39. The van der Waals surface area contributed by atoms with Gasteiger partial charge in [-0.2, -0.15) is 4.98 Å². The zero-order valence-electron chi connectivity index (χ0n) is 11.6. The van der Waals surface area contributed by atoms with Gasteiger partial charge in [0.15, 0.2) is 0 Å². The van der Waals surface area contributed by atoms with Crippen molar-refractivity contribution in [3.8, 4) is 17.4 Å². The van der Waals surface area contributed by atoms with E-state index >= 15 is 0 Å². The summed E-state index contributed by atoms with van der Waals surface area (Å²) >= 11 is 0. The molecule has 0 aliphatic carbocycles. The van der Waals surface area contributed by atoms with Crippen LogP contribution in [0, 0.1) is 0 Å². The average molecular weight is 275 g/mol. The lowest BCUT2D eigenvalue weighted by molar-refractivity contribution is 0.285. The van der Waals surface area contributed by atoms with Crippen molar-refractivity contribution in [1.82, 2.24) is 25.4 Å². The molecule has 7 nitrogen and oxygen atoms in total. The van der Waals surface area contributed by atoms with E-state index in [1.807, 2.05) is 0 Å². The minimum atomic E-state index is -0.0532. The molecule has 3 rings (SSSR count). The van der Waals surface area contributed by atoms with E-state index in [1.165, 1.54) is 6.33 Å². The van der Waals surface area contributed by atoms with Crippen LogP contribution in [0.4, 0.5) is 0 Å². The summed E-state index contributed by atoms with van der Waals surface area (Å²) in [5.74, 6) is 1.63. The third kappa shape index (κ3) is 2.14. The molecule has 0 bridgehead atoms. The van der Waals surface area contributed by atoms with Crippen molar-refractivity contribution in [2.45, 2.75) is 25.2 Å². The number of nitrogens with one attached hydrogen (secondary N) is 1. The number of methoxy groups -OCH3 is 1. The lowest BCUT2D eigenvalue weighted by Crippen LogP contribution is -2.28. The predicted molar refractivity (Wildman–Crippen MR) is 71.3 cm³/mol. The molecule has 1 atom stereocenters. The summed E-state index contributed by atoms with van der Waals surface area (Å²) in [4.78, 5) is 12.6. The largest absolute Gasteiger partial charge is 0.481 e. The minimum Gasteiger partial charge on any atom is -0.481 e. The number of ether oxygens (including phenoxy) is 1. The van der Waals surface area contributed by atoms with Crippen molar-refractivity contribution in [3.05, 3.63) is 18.3 Å². The lowest BCUT2D eigenvalue weighted by atomic mass is 9.84. The molecule has 106 valence electrons. The fraction of sp³-hybridized carbons (Fsp3) is 0.538. The van der Waals surface area contributed by atoms with Crippen LogP contribution in [0.15, 0.2) is 16.9 Å². The molecule has 20 heavy (non-hydrogen) atoms. The second-order valence-electron chi connectivity index (χ2n) is 4.93. The van der Waals surface area contributed by atoms with Crippen molar-refractivity contribution in [1.29, 1.82) is 0 Å². The highest BCUT2D eigenvalue weighted by atomic mass is 16.5. The zero-order chi connectivity index (χ0) is 14.0. The van der Waals surface area contributed by atoms with E-state index in [0.717, 1.165) is 25.9 Å². The summed E-state index contributed by atoms with van der Waals surface area (Å²) < 4.78 is 10.5. The first-order chi connectivity index (χ1) is 9.77. The number of rotatable bonds is 4. The Balaban J connectivity index is 1.93. The van der Waals surface area contributed by atoms with Crippen LogP contribution < -0.4 is 10.1 Å². The van der Waals surface area contributed by atoms with E-state index in [2.05, 4.69) is 32.3 Å². The minimum absolute atomic E-state index is 0.0532. The molecule has 1 unspecified atom stereocenters. The molecule has 0 aromatic carbocycles. The maximum atomic E-state index is 5.47. The van der Waals surface area contributed by atoms with E-state index in [1.54, 1.807) is 13.2 Å². The van der Waals surface area contributed by atoms with Crippen LogP contribution in [-0.4, -0.2) is 40.3 Å². The molecule has 0 spiro atoms. The molecule has 1 N–H and O–H groups in total. The Labute approximate surface area is 116 Å². The van der Waals surface area contributed by atoms with E-state index < -0.39 is 0 Å². The predicted octanol–water partition coefficient (Wildman–Crippen LogP) is 1.18. The molecule has 0 amide bonds. The van der Waals surface area contributed by atoms with Crippen molar-refractivity contribution in [2.24, 2.45) is 0 Å². The summed E-state index contributed by atoms with van der Waals surface area (Å²) in [6, 6.07) is 1.69. The molecular weight excluding hydrogens is 258 g/mol. The second-order valence-corrected chi connectivity index (χ2v) is 4.93. The SMILES string of the molecule is CCC1(c2nc(-c3cc(OC)ncn3)no2)CCNC1. The van der Waals surface area contributed by atoms with Gasteiger partial charge in [0.2, 0.25) is 17.6 Å². The van der Waals surface area contributed by atoms with Gasteiger partial charge in [0.25, 0.3) is 0 Å². The quantitative estimate of drug-likeness (QED) is 0.896. The maximum absolute atomic E-state index is 5.47. The monoisotopic (exact) mass is 275 g/mol. The highest BCUT2D eigenvalue weighted by molar-refractivity contribution is 5.49. The van der Waals surface area contributed by atoms with Gasteiger partial charge in [-0.3, -0.25) is 0 Å². The third-order valence-electron chi connectivity index (χ3n) is 3.88. The second kappa shape index (κ2) is 5.16. The summed E-state index contributed by atoms with van der Waals surface area (Å²) in [7, 11) is 1.56. The van der Waals surface area contributed by atoms with Crippen molar-refractivity contribution < 1.29 is 9.26 Å². The summed E-state index contributed by atoms with van der Waals surface area (Å²) in [6.45, 7) is 4.00. The third-order valence-corrected chi connectivity index (χ3v) is 3.88. The molecular formula is C13H17N5O2. The van der Waals surface area contributed by atoms with Crippen LogP contribution >= 0.6 is 0 Å². The Kier molecular flexibility index (Phi) is 3.35. The topological polar surface area (TPSA) is 86.0 Å². The van der Waals surface area contributed by atoms with Gasteiger partial charge in [0.1, 0.15) is 12.0 Å². The molecule has 1 fully saturated rings. The summed E-state index contributed by atoms with van der Waals surface area (Å²) in [5.41, 5.74) is 0.548. The molecule has 3 heterocycles. The van der Waals surface area contributed by atoms with Gasteiger partial charge in [-0.05, 0) is 19.4 Å². The van der Waals surface area contributed by atoms with Gasteiger partial charge < -0.3 is 14.6 Å². The van der Waals surface area contributed by atoms with Gasteiger partial charge in [-0.25, -0.2) is 9.97 Å². The van der Waals surface area contributed by atoms with E-state index in [-0.39, 0.29) is 5.41 Å². The van der Waals surface area contributed by atoms with Crippen LogP contribution in [0.2, 0.25) is 0 Å². The lowest BCUT2D eigenvalue weighted by Gasteiger charge is -2.20. The van der Waals surface area contributed by atoms with Crippen LogP contribution in [0.5, 0.6) is 5.88 Å². The van der Waals surface area contributed by atoms with Crippen LogP contribution in [-0.2, 0) is 5.41 Å². The van der Waals surface area contributed by atoms with Crippen LogP contribution in [0.25, 0.3) is 11.5 Å². The Morgan fingerprint density at radius 3 is 3.05 bits per heavy atom. The van der Waals surface area contributed by atoms with Gasteiger partial charge in [0.05, 0.1) is 12.5 Å². The van der Waals surface area contributed by atoms with Crippen molar-refractivity contribution >= 4 is 0 Å². The number of nitrogens with zero attached hydrogens (tertiary/aromatic N) is 4. The Morgan fingerprint density at radius 2 is 2.35 bits per heavy atom. The average Bonchev–Trinajstić information content (AvgIpc) is 3.17. The van der Waals surface area contributed by atoms with Crippen molar-refractivity contribution in [2.75, 3.05) is 20.2 Å². The molecule has 7 heteroatoms. The molecule has 2 aromatic heterocycles. The maximum Gasteiger partial charge on any atom is 0.234 e. The number of aromatic nitrogens is 4. The number of hydrogen-bond acceptors (Lipinski definition) is 7. The van der Waals surface area contributed by atoms with Gasteiger partial charge in [-0.15, -0.1) is 0 Å². The molecule has 1 aliphatic rings. The van der Waals surface area contributed by atoms with Crippen LogP contribution in [0.1, 0.15) is 25.7 Å². The van der Waals surface area contributed by atoms with E-state index in [0.29, 0.717) is 23.3 Å². The number of hydrogen-bond donors (Lipinski definition) is 1. The Bertz CT molecular complexity index is 592. The molecule has 2 aromatic rings. The first kappa shape index (κ1) is 13.0. The van der Waals surface area contributed by atoms with E-state index in [9.17, 15) is 0 Å². The van der Waals surface area contributed by atoms with Gasteiger partial charge in [-0.1, -0.05) is 12.1 Å². The zero-order valence-corrected chi connectivity index (χ0v) is 11.6. The first-order valence-corrected chi connectivity index (χ1v) is 6.69. The smallest absolute Gasteiger partial charge is 0.234 e. The fourth-order valence-electron chi connectivity index (χ4n) is 2.50. The van der Waals surface area contributed by atoms with Crippen LogP contribution in [0.3, 0.4) is 0 Å². The fourth-order valence-corrected chi connectivity index (χ4v) is 2.50. The molecule has 0 saturated carbocycles. The van der Waals surface area contributed by atoms with Crippen molar-refractivity contribution in [3.63, 3.8) is 0 Å². The summed E-state index contributed by atoms with van der Waals surface area (Å²) in [6.07, 6.45) is 3.41. The Hall–Kier alpha value is -2.02. The summed E-state index contributed by atoms with van der Waals surface area (Å²) in [5, 5.41) is 7.40.